The zero-order valence-electron chi connectivity index (χ0n) is 8.24. The van der Waals surface area contributed by atoms with Gasteiger partial charge in [0.05, 0.1) is 0 Å². The average molecular weight is 188 g/mol. The van der Waals surface area contributed by atoms with Crippen LogP contribution in [-0.2, 0) is 14.3 Å². The first kappa shape index (κ1) is 12.1. The van der Waals surface area contributed by atoms with E-state index >= 15 is 0 Å². The van der Waals surface area contributed by atoms with Crippen molar-refractivity contribution in [2.75, 3.05) is 14.2 Å². The van der Waals surface area contributed by atoms with Crippen molar-refractivity contribution in [3.63, 3.8) is 0 Å². The van der Waals surface area contributed by atoms with E-state index in [1.807, 2.05) is 13.0 Å². The summed E-state index contributed by atoms with van der Waals surface area (Å²) in [6, 6.07) is 0. The molecule has 0 radical (unpaired) electrons. The smallest absolute Gasteiger partial charge is 0.303 e. The quantitative estimate of drug-likeness (QED) is 0.506. The van der Waals surface area contributed by atoms with Crippen LogP contribution in [0.15, 0.2) is 11.6 Å². The second kappa shape index (κ2) is 6.62. The molecule has 4 nitrogen and oxygen atoms in total. The Bertz CT molecular complexity index is 182. The molecule has 0 unspecified atom stereocenters. The molecule has 0 aromatic heterocycles. The van der Waals surface area contributed by atoms with Crippen molar-refractivity contribution < 1.29 is 19.4 Å². The van der Waals surface area contributed by atoms with Crippen molar-refractivity contribution in [1.82, 2.24) is 0 Å². The summed E-state index contributed by atoms with van der Waals surface area (Å²) in [5.74, 6) is -0.796. The lowest BCUT2D eigenvalue weighted by Gasteiger charge is -2.13. The Morgan fingerprint density at radius 1 is 1.46 bits per heavy atom. The fourth-order valence-electron chi connectivity index (χ4n) is 0.988. The van der Waals surface area contributed by atoms with E-state index in [0.29, 0.717) is 6.42 Å². The highest BCUT2D eigenvalue weighted by Gasteiger charge is 2.06. The number of hydrogen-bond donors (Lipinski definition) is 1. The summed E-state index contributed by atoms with van der Waals surface area (Å²) in [6.07, 6.45) is 2.09. The monoisotopic (exact) mass is 188 g/mol. The molecule has 0 amide bonds. The van der Waals surface area contributed by atoms with Crippen LogP contribution in [0.3, 0.4) is 0 Å². The minimum atomic E-state index is -0.796. The number of ether oxygens (including phenoxy) is 2. The summed E-state index contributed by atoms with van der Waals surface area (Å²) in [7, 11) is 3.09. The van der Waals surface area contributed by atoms with Crippen LogP contribution in [0.2, 0.25) is 0 Å². The van der Waals surface area contributed by atoms with Gasteiger partial charge in [0.15, 0.2) is 6.29 Å². The third kappa shape index (κ3) is 5.38. The highest BCUT2D eigenvalue weighted by atomic mass is 16.7. The first-order valence-corrected chi connectivity index (χ1v) is 4.05. The van der Waals surface area contributed by atoms with Gasteiger partial charge in [-0.05, 0) is 18.9 Å². The van der Waals surface area contributed by atoms with Crippen LogP contribution < -0.4 is 0 Å². The van der Waals surface area contributed by atoms with E-state index in [1.54, 1.807) is 14.2 Å². The van der Waals surface area contributed by atoms with Gasteiger partial charge in [0.1, 0.15) is 0 Å². The van der Waals surface area contributed by atoms with Gasteiger partial charge in [-0.25, -0.2) is 0 Å². The molecule has 0 saturated heterocycles. The van der Waals surface area contributed by atoms with Gasteiger partial charge in [-0.1, -0.05) is 6.08 Å². The van der Waals surface area contributed by atoms with Crippen molar-refractivity contribution >= 4 is 5.97 Å². The van der Waals surface area contributed by atoms with E-state index in [4.69, 9.17) is 14.6 Å². The van der Waals surface area contributed by atoms with Gasteiger partial charge in [-0.15, -0.1) is 0 Å². The molecule has 0 aliphatic heterocycles. The third-order valence-corrected chi connectivity index (χ3v) is 1.62. The van der Waals surface area contributed by atoms with Gasteiger partial charge in [0.2, 0.25) is 0 Å². The van der Waals surface area contributed by atoms with E-state index in [2.05, 4.69) is 0 Å². The zero-order valence-corrected chi connectivity index (χ0v) is 8.24. The first-order chi connectivity index (χ1) is 6.11. The molecule has 76 valence electrons. The highest BCUT2D eigenvalue weighted by Crippen LogP contribution is 2.07. The maximum absolute atomic E-state index is 10.2. The molecule has 0 fully saturated rings. The standard InChI is InChI=1S/C9H16O4/c1-7(9(12-2)13-3)5-4-6-8(10)11/h5,9H,4,6H2,1-3H3,(H,10,11)/b7-5+. The average Bonchev–Trinajstić information content (AvgIpc) is 2.05. The van der Waals surface area contributed by atoms with Crippen LogP contribution in [0, 0.1) is 0 Å². The second-order valence-corrected chi connectivity index (χ2v) is 2.68. The number of carbonyl (C=O) groups is 1. The molecule has 0 aliphatic rings. The molecule has 4 heteroatoms. The molecule has 0 aromatic rings. The lowest BCUT2D eigenvalue weighted by Crippen LogP contribution is -2.14. The fraction of sp³-hybridized carbons (Fsp3) is 0.667. The first-order valence-electron chi connectivity index (χ1n) is 4.05. The normalized spacial score (nSPS) is 12.2. The molecule has 0 aromatic carbocycles. The maximum Gasteiger partial charge on any atom is 0.303 e. The highest BCUT2D eigenvalue weighted by molar-refractivity contribution is 5.66. The van der Waals surface area contributed by atoms with Crippen LogP contribution in [0.5, 0.6) is 0 Å². The predicted octanol–water partition coefficient (Wildman–Crippen LogP) is 1.42. The molecule has 13 heavy (non-hydrogen) atoms. The van der Waals surface area contributed by atoms with Crippen LogP contribution in [-0.4, -0.2) is 31.6 Å². The van der Waals surface area contributed by atoms with Crippen LogP contribution in [0.25, 0.3) is 0 Å². The molecular weight excluding hydrogens is 172 g/mol. The van der Waals surface area contributed by atoms with Crippen molar-refractivity contribution in [2.45, 2.75) is 26.1 Å². The molecule has 0 bridgehead atoms. The molecule has 0 spiro atoms. The SMILES string of the molecule is COC(OC)/C(C)=C/CCC(=O)O. The van der Waals surface area contributed by atoms with Gasteiger partial charge in [-0.3, -0.25) is 4.79 Å². The minimum absolute atomic E-state index is 0.136. The Morgan fingerprint density at radius 2 is 2.00 bits per heavy atom. The summed E-state index contributed by atoms with van der Waals surface area (Å²) in [5, 5.41) is 8.39. The van der Waals surface area contributed by atoms with Gasteiger partial charge in [0.25, 0.3) is 0 Å². The van der Waals surface area contributed by atoms with Crippen LogP contribution >= 0.6 is 0 Å². The largest absolute Gasteiger partial charge is 0.481 e. The molecule has 0 rings (SSSR count). The minimum Gasteiger partial charge on any atom is -0.481 e. The van der Waals surface area contributed by atoms with Gasteiger partial charge in [-0.2, -0.15) is 0 Å². The predicted molar refractivity (Wildman–Crippen MR) is 48.4 cm³/mol. The maximum atomic E-state index is 10.2. The van der Waals surface area contributed by atoms with Crippen molar-refractivity contribution in [2.24, 2.45) is 0 Å². The summed E-state index contributed by atoms with van der Waals surface area (Å²) < 4.78 is 9.96. The number of carboxylic acid groups (broad SMARTS) is 1. The Balaban J connectivity index is 3.91. The number of hydrogen-bond acceptors (Lipinski definition) is 3. The third-order valence-electron chi connectivity index (χ3n) is 1.62. The van der Waals surface area contributed by atoms with E-state index < -0.39 is 5.97 Å². The lowest BCUT2D eigenvalue weighted by atomic mass is 10.2. The number of rotatable bonds is 6. The molecular formula is C9H16O4. The van der Waals surface area contributed by atoms with Crippen molar-refractivity contribution in [3.05, 3.63) is 11.6 Å². The molecule has 0 aliphatic carbocycles. The van der Waals surface area contributed by atoms with Gasteiger partial charge in [0, 0.05) is 20.6 Å². The molecule has 0 atom stereocenters. The zero-order chi connectivity index (χ0) is 10.3. The number of carboxylic acids is 1. The molecule has 0 heterocycles. The molecule has 0 saturated carbocycles. The topological polar surface area (TPSA) is 55.8 Å². The lowest BCUT2D eigenvalue weighted by molar-refractivity contribution is -0.136. The molecule has 1 N–H and O–H groups in total. The Labute approximate surface area is 78.2 Å². The summed E-state index contributed by atoms with van der Waals surface area (Å²) >= 11 is 0. The van der Waals surface area contributed by atoms with Crippen LogP contribution in [0.1, 0.15) is 19.8 Å². The van der Waals surface area contributed by atoms with Gasteiger partial charge >= 0.3 is 5.97 Å². The summed E-state index contributed by atoms with van der Waals surface area (Å²) in [4.78, 5) is 10.2. The summed E-state index contributed by atoms with van der Waals surface area (Å²) in [5.41, 5.74) is 0.895. The van der Waals surface area contributed by atoms with Crippen LogP contribution in [0.4, 0.5) is 0 Å². The number of aliphatic carboxylic acids is 1. The van der Waals surface area contributed by atoms with E-state index in [9.17, 15) is 4.79 Å². The second-order valence-electron chi connectivity index (χ2n) is 2.68. The Morgan fingerprint density at radius 3 is 2.38 bits per heavy atom. The Kier molecular flexibility index (Phi) is 6.18. The van der Waals surface area contributed by atoms with E-state index in [1.165, 1.54) is 0 Å². The fourth-order valence-corrected chi connectivity index (χ4v) is 0.988. The Hall–Kier alpha value is -0.870. The number of methoxy groups -OCH3 is 2. The number of allylic oxidation sites excluding steroid dienone is 1. The van der Waals surface area contributed by atoms with Crippen molar-refractivity contribution in [1.29, 1.82) is 0 Å². The van der Waals surface area contributed by atoms with E-state index in [-0.39, 0.29) is 12.7 Å². The van der Waals surface area contributed by atoms with E-state index in [0.717, 1.165) is 5.57 Å². The summed E-state index contributed by atoms with van der Waals surface area (Å²) in [6.45, 7) is 1.85. The van der Waals surface area contributed by atoms with Crippen molar-refractivity contribution in [3.8, 4) is 0 Å². The van der Waals surface area contributed by atoms with Gasteiger partial charge < -0.3 is 14.6 Å².